The molecule has 1 aromatic rings. The maximum atomic E-state index is 8.87. The minimum Gasteiger partial charge on any atom is -0.396 e. The van der Waals surface area contributed by atoms with Gasteiger partial charge in [-0.1, -0.05) is 19.0 Å². The average molecular weight is 211 g/mol. The van der Waals surface area contributed by atoms with E-state index in [1.165, 1.54) is 0 Å². The molecule has 1 aliphatic rings. The molecule has 0 atom stereocenters. The van der Waals surface area contributed by atoms with Crippen LogP contribution in [0.4, 0.5) is 0 Å². The molecule has 0 saturated carbocycles. The van der Waals surface area contributed by atoms with Gasteiger partial charge in [0.1, 0.15) is 0 Å². The summed E-state index contributed by atoms with van der Waals surface area (Å²) in [5, 5.41) is 12.8. The van der Waals surface area contributed by atoms with E-state index in [4.69, 9.17) is 9.63 Å². The quantitative estimate of drug-likeness (QED) is 0.791. The summed E-state index contributed by atoms with van der Waals surface area (Å²) in [5.74, 6) is 2.16. The molecule has 0 unspecified atom stereocenters. The van der Waals surface area contributed by atoms with Crippen molar-refractivity contribution in [3.8, 4) is 0 Å². The summed E-state index contributed by atoms with van der Waals surface area (Å²) >= 11 is 0. The molecule has 1 saturated heterocycles. The van der Waals surface area contributed by atoms with Crippen LogP contribution in [0.3, 0.4) is 0 Å². The number of aromatic nitrogens is 2. The van der Waals surface area contributed by atoms with Gasteiger partial charge in [-0.3, -0.25) is 4.90 Å². The highest BCUT2D eigenvalue weighted by atomic mass is 16.5. The SMILES string of the molecule is CC(C)c1nc(CN2CC(CO)C2)no1. The van der Waals surface area contributed by atoms with E-state index in [9.17, 15) is 0 Å². The van der Waals surface area contributed by atoms with Crippen LogP contribution in [0.2, 0.25) is 0 Å². The lowest BCUT2D eigenvalue weighted by Crippen LogP contribution is -2.47. The van der Waals surface area contributed by atoms with Gasteiger partial charge in [-0.05, 0) is 0 Å². The van der Waals surface area contributed by atoms with E-state index in [1.54, 1.807) is 0 Å². The Kier molecular flexibility index (Phi) is 3.02. The molecule has 5 heteroatoms. The van der Waals surface area contributed by atoms with Crippen LogP contribution in [0.1, 0.15) is 31.5 Å². The van der Waals surface area contributed by atoms with Crippen LogP contribution in [0, 0.1) is 5.92 Å². The summed E-state index contributed by atoms with van der Waals surface area (Å²) in [7, 11) is 0. The molecule has 15 heavy (non-hydrogen) atoms. The minimum absolute atomic E-state index is 0.278. The fraction of sp³-hybridized carbons (Fsp3) is 0.800. The van der Waals surface area contributed by atoms with E-state index >= 15 is 0 Å². The summed E-state index contributed by atoms with van der Waals surface area (Å²) in [4.78, 5) is 6.50. The van der Waals surface area contributed by atoms with Crippen molar-refractivity contribution in [1.82, 2.24) is 15.0 Å². The van der Waals surface area contributed by atoms with E-state index in [2.05, 4.69) is 15.0 Å². The molecule has 0 bridgehead atoms. The Morgan fingerprint density at radius 3 is 2.80 bits per heavy atom. The summed E-state index contributed by atoms with van der Waals surface area (Å²) in [6, 6.07) is 0. The number of rotatable bonds is 4. The topological polar surface area (TPSA) is 62.4 Å². The Bertz CT molecular complexity index is 318. The zero-order chi connectivity index (χ0) is 10.8. The first-order chi connectivity index (χ1) is 7.19. The molecule has 1 aliphatic heterocycles. The number of hydrogen-bond acceptors (Lipinski definition) is 5. The molecule has 0 amide bonds. The van der Waals surface area contributed by atoms with Gasteiger partial charge in [0.15, 0.2) is 5.82 Å². The molecule has 0 aliphatic carbocycles. The average Bonchev–Trinajstić information content (AvgIpc) is 2.58. The normalized spacial score (nSPS) is 18.4. The van der Waals surface area contributed by atoms with Gasteiger partial charge < -0.3 is 9.63 Å². The van der Waals surface area contributed by atoms with Crippen LogP contribution in [0.5, 0.6) is 0 Å². The maximum absolute atomic E-state index is 8.87. The van der Waals surface area contributed by atoms with Crippen LogP contribution in [0.25, 0.3) is 0 Å². The van der Waals surface area contributed by atoms with Crippen molar-refractivity contribution in [2.75, 3.05) is 19.7 Å². The number of aliphatic hydroxyl groups is 1. The van der Waals surface area contributed by atoms with Gasteiger partial charge >= 0.3 is 0 Å². The van der Waals surface area contributed by atoms with E-state index in [-0.39, 0.29) is 12.5 Å². The third kappa shape index (κ3) is 2.35. The van der Waals surface area contributed by atoms with Crippen LogP contribution >= 0.6 is 0 Å². The molecule has 2 heterocycles. The van der Waals surface area contributed by atoms with Crippen molar-refractivity contribution in [1.29, 1.82) is 0 Å². The third-order valence-electron chi connectivity index (χ3n) is 2.63. The number of nitrogens with zero attached hydrogens (tertiary/aromatic N) is 3. The molecule has 0 spiro atoms. The Morgan fingerprint density at radius 2 is 2.27 bits per heavy atom. The molecular formula is C10H17N3O2. The number of hydrogen-bond donors (Lipinski definition) is 1. The fourth-order valence-corrected chi connectivity index (χ4v) is 1.69. The highest BCUT2D eigenvalue weighted by molar-refractivity contribution is 4.92. The molecule has 1 fully saturated rings. The maximum Gasteiger partial charge on any atom is 0.229 e. The predicted octanol–water partition coefficient (Wildman–Crippen LogP) is 0.617. The Hall–Kier alpha value is -0.940. The van der Waals surface area contributed by atoms with E-state index < -0.39 is 0 Å². The summed E-state index contributed by atoms with van der Waals surface area (Å²) in [6.07, 6.45) is 0. The first kappa shape index (κ1) is 10.6. The Labute approximate surface area is 89.1 Å². The molecule has 0 radical (unpaired) electrons. The van der Waals surface area contributed by atoms with Crippen molar-refractivity contribution in [2.45, 2.75) is 26.3 Å². The lowest BCUT2D eigenvalue weighted by atomic mass is 10.0. The highest BCUT2D eigenvalue weighted by Crippen LogP contribution is 2.18. The first-order valence-electron chi connectivity index (χ1n) is 5.34. The van der Waals surface area contributed by atoms with Gasteiger partial charge in [0, 0.05) is 31.5 Å². The van der Waals surface area contributed by atoms with Gasteiger partial charge in [-0.2, -0.15) is 4.98 Å². The highest BCUT2D eigenvalue weighted by Gasteiger charge is 2.27. The predicted molar refractivity (Wildman–Crippen MR) is 54.2 cm³/mol. The van der Waals surface area contributed by atoms with Crippen LogP contribution < -0.4 is 0 Å². The van der Waals surface area contributed by atoms with Gasteiger partial charge in [0.2, 0.25) is 5.89 Å². The van der Waals surface area contributed by atoms with E-state index in [0.717, 1.165) is 25.5 Å². The molecule has 1 aromatic heterocycles. The standard InChI is InChI=1S/C10H17N3O2/c1-7(2)10-11-9(12-15-10)5-13-3-8(4-13)6-14/h7-8,14H,3-6H2,1-2H3. The van der Waals surface area contributed by atoms with Gasteiger partial charge in [0.05, 0.1) is 6.54 Å². The molecule has 5 nitrogen and oxygen atoms in total. The second kappa shape index (κ2) is 4.28. The van der Waals surface area contributed by atoms with Gasteiger partial charge in [-0.25, -0.2) is 0 Å². The number of likely N-dealkylation sites (tertiary alicyclic amines) is 1. The molecule has 1 N–H and O–H groups in total. The largest absolute Gasteiger partial charge is 0.396 e. The summed E-state index contributed by atoms with van der Waals surface area (Å²) < 4.78 is 5.11. The van der Waals surface area contributed by atoms with E-state index in [1.807, 2.05) is 13.8 Å². The van der Waals surface area contributed by atoms with Crippen LogP contribution in [-0.2, 0) is 6.54 Å². The second-order valence-electron chi connectivity index (χ2n) is 4.45. The van der Waals surface area contributed by atoms with Crippen molar-refractivity contribution in [3.05, 3.63) is 11.7 Å². The molecular weight excluding hydrogens is 194 g/mol. The molecule has 0 aromatic carbocycles. The fourth-order valence-electron chi connectivity index (χ4n) is 1.69. The smallest absolute Gasteiger partial charge is 0.229 e. The lowest BCUT2D eigenvalue weighted by molar-refractivity contribution is 0.0454. The summed E-state index contributed by atoms with van der Waals surface area (Å²) in [6.45, 7) is 6.93. The Balaban J connectivity index is 1.84. The second-order valence-corrected chi connectivity index (χ2v) is 4.45. The lowest BCUT2D eigenvalue weighted by Gasteiger charge is -2.37. The zero-order valence-corrected chi connectivity index (χ0v) is 9.18. The summed E-state index contributed by atoms with van der Waals surface area (Å²) in [5.41, 5.74) is 0. The van der Waals surface area contributed by atoms with E-state index in [0.29, 0.717) is 11.8 Å². The van der Waals surface area contributed by atoms with Crippen LogP contribution in [0.15, 0.2) is 4.52 Å². The van der Waals surface area contributed by atoms with Crippen molar-refractivity contribution in [2.24, 2.45) is 5.92 Å². The minimum atomic E-state index is 0.278. The molecule has 84 valence electrons. The third-order valence-corrected chi connectivity index (χ3v) is 2.63. The van der Waals surface area contributed by atoms with Crippen LogP contribution in [-0.4, -0.2) is 39.8 Å². The monoisotopic (exact) mass is 211 g/mol. The number of aliphatic hydroxyl groups excluding tert-OH is 1. The zero-order valence-electron chi connectivity index (χ0n) is 9.18. The van der Waals surface area contributed by atoms with Crippen molar-refractivity contribution < 1.29 is 9.63 Å². The van der Waals surface area contributed by atoms with Crippen molar-refractivity contribution in [3.63, 3.8) is 0 Å². The van der Waals surface area contributed by atoms with Crippen molar-refractivity contribution >= 4 is 0 Å². The Morgan fingerprint density at radius 1 is 1.53 bits per heavy atom. The van der Waals surface area contributed by atoms with Gasteiger partial charge in [-0.15, -0.1) is 0 Å². The van der Waals surface area contributed by atoms with Gasteiger partial charge in [0.25, 0.3) is 0 Å². The first-order valence-corrected chi connectivity index (χ1v) is 5.34. The molecule has 2 rings (SSSR count).